The summed E-state index contributed by atoms with van der Waals surface area (Å²) in [6.45, 7) is 2.60. The van der Waals surface area contributed by atoms with Crippen LogP contribution in [0.2, 0.25) is 0 Å². The molecule has 2 heterocycles. The molecule has 1 saturated carbocycles. The minimum absolute atomic E-state index is 0.0461. The number of hydrogen-bond donors (Lipinski definition) is 3. The van der Waals surface area contributed by atoms with Gasteiger partial charge in [0.1, 0.15) is 6.54 Å². The maximum absolute atomic E-state index is 12.4. The molecule has 3 N–H and O–H groups in total. The summed E-state index contributed by atoms with van der Waals surface area (Å²) in [7, 11) is 0. The number of carbonyl (C=O) groups excluding carboxylic acids is 1. The highest BCUT2D eigenvalue weighted by Crippen LogP contribution is 2.18. The molecule has 5 heteroatoms. The Hall–Kier alpha value is -2.27. The van der Waals surface area contributed by atoms with Gasteiger partial charge in [-0.1, -0.05) is 43.5 Å². The van der Waals surface area contributed by atoms with Gasteiger partial charge in [-0.25, -0.2) is 4.79 Å². The SMILES string of the molecule is O=C(NC[C@H](c1ccco1)[NH+]1CCc2ccccc2C1)NC1CCCCC1. The van der Waals surface area contributed by atoms with Crippen molar-refractivity contribution in [2.75, 3.05) is 13.1 Å². The lowest BCUT2D eigenvalue weighted by Crippen LogP contribution is -3.12. The monoisotopic (exact) mass is 368 g/mol. The molecule has 27 heavy (non-hydrogen) atoms. The molecule has 1 aliphatic carbocycles. The molecule has 0 radical (unpaired) electrons. The Morgan fingerprint density at radius 2 is 1.93 bits per heavy atom. The lowest BCUT2D eigenvalue weighted by Gasteiger charge is -2.32. The number of amides is 2. The van der Waals surface area contributed by atoms with Gasteiger partial charge in [-0.3, -0.25) is 0 Å². The van der Waals surface area contributed by atoms with E-state index in [4.69, 9.17) is 4.42 Å². The van der Waals surface area contributed by atoms with Gasteiger partial charge in [-0.05, 0) is 30.5 Å². The lowest BCUT2D eigenvalue weighted by molar-refractivity contribution is -0.946. The minimum Gasteiger partial charge on any atom is -0.463 e. The zero-order valence-corrected chi connectivity index (χ0v) is 15.9. The van der Waals surface area contributed by atoms with Crippen LogP contribution in [0.3, 0.4) is 0 Å². The van der Waals surface area contributed by atoms with Crippen LogP contribution < -0.4 is 15.5 Å². The molecule has 1 aromatic heterocycles. The van der Waals surface area contributed by atoms with Gasteiger partial charge >= 0.3 is 6.03 Å². The Labute approximate surface area is 161 Å². The van der Waals surface area contributed by atoms with Gasteiger partial charge < -0.3 is 20.0 Å². The maximum atomic E-state index is 12.4. The lowest BCUT2D eigenvalue weighted by atomic mass is 9.96. The van der Waals surface area contributed by atoms with Crippen LogP contribution in [0, 0.1) is 0 Å². The van der Waals surface area contributed by atoms with Gasteiger partial charge in [0.15, 0.2) is 11.8 Å². The second-order valence-electron chi connectivity index (χ2n) is 7.86. The van der Waals surface area contributed by atoms with E-state index < -0.39 is 0 Å². The van der Waals surface area contributed by atoms with E-state index in [2.05, 4.69) is 34.9 Å². The van der Waals surface area contributed by atoms with Crippen LogP contribution in [-0.2, 0) is 13.0 Å². The van der Waals surface area contributed by atoms with E-state index in [-0.39, 0.29) is 12.1 Å². The maximum Gasteiger partial charge on any atom is 0.315 e. The summed E-state index contributed by atoms with van der Waals surface area (Å²) < 4.78 is 5.73. The number of rotatable bonds is 5. The summed E-state index contributed by atoms with van der Waals surface area (Å²) in [6, 6.07) is 13.0. The first kappa shape index (κ1) is 18.1. The van der Waals surface area contributed by atoms with E-state index in [1.165, 1.54) is 35.3 Å². The quantitative estimate of drug-likeness (QED) is 0.760. The summed E-state index contributed by atoms with van der Waals surface area (Å²) in [5.41, 5.74) is 2.85. The molecule has 0 saturated heterocycles. The van der Waals surface area contributed by atoms with Crippen molar-refractivity contribution in [1.29, 1.82) is 0 Å². The van der Waals surface area contributed by atoms with Gasteiger partial charge in [-0.2, -0.15) is 0 Å². The first-order valence-corrected chi connectivity index (χ1v) is 10.3. The standard InChI is InChI=1S/C22H29N3O2/c26-22(24-19-9-2-1-3-10-19)23-15-20(21-11-6-14-27-21)25-13-12-17-7-4-5-8-18(17)16-25/h4-8,11,14,19-20H,1-3,9-10,12-13,15-16H2,(H2,23,24,26)/p+1/t20-/m1/s1. The van der Waals surface area contributed by atoms with Crippen LogP contribution in [0.1, 0.15) is 55.0 Å². The molecule has 0 bridgehead atoms. The smallest absolute Gasteiger partial charge is 0.315 e. The van der Waals surface area contributed by atoms with E-state index in [1.54, 1.807) is 6.26 Å². The third-order valence-electron chi connectivity index (χ3n) is 6.04. The van der Waals surface area contributed by atoms with Crippen molar-refractivity contribution in [3.8, 4) is 0 Å². The van der Waals surface area contributed by atoms with Crippen LogP contribution in [-0.4, -0.2) is 25.2 Å². The van der Waals surface area contributed by atoms with Gasteiger partial charge in [0, 0.05) is 18.0 Å². The normalized spacial score (nSPS) is 21.3. The van der Waals surface area contributed by atoms with Gasteiger partial charge in [0.25, 0.3) is 0 Å². The molecule has 1 fully saturated rings. The molecule has 2 aromatic rings. The fourth-order valence-corrected chi connectivity index (χ4v) is 4.51. The Morgan fingerprint density at radius 3 is 2.70 bits per heavy atom. The minimum atomic E-state index is -0.0461. The third-order valence-corrected chi connectivity index (χ3v) is 6.04. The van der Waals surface area contributed by atoms with E-state index in [0.717, 1.165) is 38.1 Å². The highest BCUT2D eigenvalue weighted by molar-refractivity contribution is 5.74. The van der Waals surface area contributed by atoms with Crippen LogP contribution >= 0.6 is 0 Å². The van der Waals surface area contributed by atoms with Crippen molar-refractivity contribution in [2.24, 2.45) is 0 Å². The molecule has 1 unspecified atom stereocenters. The van der Waals surface area contributed by atoms with E-state index in [0.29, 0.717) is 12.6 Å². The topological polar surface area (TPSA) is 58.7 Å². The van der Waals surface area contributed by atoms with Crippen molar-refractivity contribution in [2.45, 2.75) is 57.2 Å². The fourth-order valence-electron chi connectivity index (χ4n) is 4.51. The zero-order chi connectivity index (χ0) is 18.5. The number of hydrogen-bond acceptors (Lipinski definition) is 2. The first-order chi connectivity index (χ1) is 13.3. The van der Waals surface area contributed by atoms with Crippen molar-refractivity contribution < 1.29 is 14.1 Å². The summed E-state index contributed by atoms with van der Waals surface area (Å²) in [5, 5.41) is 6.26. The van der Waals surface area contributed by atoms with Crippen molar-refractivity contribution in [3.63, 3.8) is 0 Å². The molecule has 144 valence electrons. The molecule has 2 aliphatic rings. The summed E-state index contributed by atoms with van der Waals surface area (Å²) in [4.78, 5) is 13.9. The van der Waals surface area contributed by atoms with Gasteiger partial charge in [-0.15, -0.1) is 0 Å². The van der Waals surface area contributed by atoms with Crippen LogP contribution in [0.4, 0.5) is 4.79 Å². The van der Waals surface area contributed by atoms with Gasteiger partial charge in [0.05, 0.1) is 19.4 Å². The molecule has 1 aliphatic heterocycles. The van der Waals surface area contributed by atoms with E-state index >= 15 is 0 Å². The number of benzene rings is 1. The Morgan fingerprint density at radius 1 is 1.11 bits per heavy atom. The van der Waals surface area contributed by atoms with Crippen molar-refractivity contribution in [1.82, 2.24) is 10.6 Å². The van der Waals surface area contributed by atoms with E-state index in [1.807, 2.05) is 12.1 Å². The molecule has 5 nitrogen and oxygen atoms in total. The molecular formula is C22H30N3O2+. The number of nitrogens with one attached hydrogen (secondary N) is 3. The number of quaternary nitrogens is 1. The molecule has 1 aromatic carbocycles. The molecule has 0 spiro atoms. The molecule has 2 amide bonds. The van der Waals surface area contributed by atoms with Crippen LogP contribution in [0.25, 0.3) is 0 Å². The second kappa shape index (κ2) is 8.61. The Balaban J connectivity index is 1.39. The predicted molar refractivity (Wildman–Crippen MR) is 105 cm³/mol. The van der Waals surface area contributed by atoms with Crippen molar-refractivity contribution >= 4 is 6.03 Å². The average Bonchev–Trinajstić information content (AvgIpc) is 3.23. The van der Waals surface area contributed by atoms with Crippen molar-refractivity contribution in [3.05, 3.63) is 59.5 Å². The predicted octanol–water partition coefficient (Wildman–Crippen LogP) is 2.59. The Kier molecular flexibility index (Phi) is 5.78. The van der Waals surface area contributed by atoms with E-state index in [9.17, 15) is 4.79 Å². The summed E-state index contributed by atoms with van der Waals surface area (Å²) in [6.07, 6.45) is 8.72. The number of fused-ring (bicyclic) bond motifs is 1. The van der Waals surface area contributed by atoms with Crippen LogP contribution in [0.15, 0.2) is 47.1 Å². The van der Waals surface area contributed by atoms with Gasteiger partial charge in [0.2, 0.25) is 0 Å². The number of carbonyl (C=O) groups is 1. The summed E-state index contributed by atoms with van der Waals surface area (Å²) >= 11 is 0. The Bertz CT molecular complexity index is 738. The first-order valence-electron chi connectivity index (χ1n) is 10.3. The fraction of sp³-hybridized carbons (Fsp3) is 0.500. The summed E-state index contributed by atoms with van der Waals surface area (Å²) in [5.74, 6) is 0.947. The number of urea groups is 1. The zero-order valence-electron chi connectivity index (χ0n) is 15.9. The highest BCUT2D eigenvalue weighted by Gasteiger charge is 2.30. The highest BCUT2D eigenvalue weighted by atomic mass is 16.3. The molecular weight excluding hydrogens is 338 g/mol. The average molecular weight is 369 g/mol. The molecule has 2 atom stereocenters. The molecule has 4 rings (SSSR count). The second-order valence-corrected chi connectivity index (χ2v) is 7.86. The number of furan rings is 1. The largest absolute Gasteiger partial charge is 0.463 e. The third kappa shape index (κ3) is 4.53. The van der Waals surface area contributed by atoms with Crippen LogP contribution in [0.5, 0.6) is 0 Å².